The predicted molar refractivity (Wildman–Crippen MR) is 70.3 cm³/mol. The SMILES string of the molecule is C#Cc1ccc(OC)c(COC(=O)CCCC)c1. The number of unbranched alkanes of at least 4 members (excludes halogenated alkanes) is 1. The van der Waals surface area contributed by atoms with E-state index in [9.17, 15) is 4.79 Å². The van der Waals surface area contributed by atoms with Crippen molar-refractivity contribution < 1.29 is 14.3 Å². The molecule has 0 radical (unpaired) electrons. The van der Waals surface area contributed by atoms with Crippen LogP contribution in [0, 0.1) is 12.3 Å². The second-order valence-corrected chi connectivity index (χ2v) is 3.94. The smallest absolute Gasteiger partial charge is 0.306 e. The highest BCUT2D eigenvalue weighted by Gasteiger charge is 2.07. The summed E-state index contributed by atoms with van der Waals surface area (Å²) in [7, 11) is 1.58. The molecule has 3 nitrogen and oxygen atoms in total. The largest absolute Gasteiger partial charge is 0.496 e. The molecule has 1 aromatic carbocycles. The van der Waals surface area contributed by atoms with Gasteiger partial charge in [0.05, 0.1) is 7.11 Å². The van der Waals surface area contributed by atoms with E-state index >= 15 is 0 Å². The molecular formula is C15H18O3. The van der Waals surface area contributed by atoms with E-state index in [1.54, 1.807) is 25.3 Å². The van der Waals surface area contributed by atoms with Gasteiger partial charge in [-0.15, -0.1) is 6.42 Å². The number of methoxy groups -OCH3 is 1. The minimum Gasteiger partial charge on any atom is -0.496 e. The molecule has 3 heteroatoms. The summed E-state index contributed by atoms with van der Waals surface area (Å²) in [5.41, 5.74) is 1.54. The monoisotopic (exact) mass is 246 g/mol. The summed E-state index contributed by atoms with van der Waals surface area (Å²) in [5, 5.41) is 0. The topological polar surface area (TPSA) is 35.5 Å². The van der Waals surface area contributed by atoms with Crippen LogP contribution in [0.5, 0.6) is 5.75 Å². The van der Waals surface area contributed by atoms with Gasteiger partial charge in [0, 0.05) is 17.5 Å². The standard InChI is InChI=1S/C15H18O3/c1-4-6-7-15(16)18-11-13-10-12(5-2)8-9-14(13)17-3/h2,8-10H,4,6-7,11H2,1,3H3. The molecule has 0 unspecified atom stereocenters. The van der Waals surface area contributed by atoms with Gasteiger partial charge in [-0.3, -0.25) is 4.79 Å². The Bertz CT molecular complexity index is 444. The maximum Gasteiger partial charge on any atom is 0.306 e. The summed E-state index contributed by atoms with van der Waals surface area (Å²) < 4.78 is 10.4. The number of ether oxygens (including phenoxy) is 2. The van der Waals surface area contributed by atoms with Crippen LogP contribution in [0.2, 0.25) is 0 Å². The Morgan fingerprint density at radius 2 is 2.22 bits per heavy atom. The predicted octanol–water partition coefficient (Wildman–Crippen LogP) is 2.91. The Labute approximate surface area is 108 Å². The number of rotatable bonds is 6. The number of carbonyl (C=O) groups is 1. The number of hydrogen-bond donors (Lipinski definition) is 0. The minimum atomic E-state index is -0.190. The van der Waals surface area contributed by atoms with Gasteiger partial charge in [-0.2, -0.15) is 0 Å². The molecule has 1 rings (SSSR count). The third-order valence-corrected chi connectivity index (χ3v) is 2.57. The van der Waals surface area contributed by atoms with Crippen molar-refractivity contribution in [3.05, 3.63) is 29.3 Å². The van der Waals surface area contributed by atoms with Gasteiger partial charge in [0.1, 0.15) is 12.4 Å². The van der Waals surface area contributed by atoms with Crippen molar-refractivity contribution in [2.45, 2.75) is 32.8 Å². The fourth-order valence-electron chi connectivity index (χ4n) is 1.53. The first kappa shape index (κ1) is 14.1. The summed E-state index contributed by atoms with van der Waals surface area (Å²) in [6.45, 7) is 2.23. The van der Waals surface area contributed by atoms with E-state index in [1.165, 1.54) is 0 Å². The van der Waals surface area contributed by atoms with E-state index in [0.717, 1.165) is 24.0 Å². The molecule has 0 aliphatic carbocycles. The van der Waals surface area contributed by atoms with Crippen LogP contribution in [0.3, 0.4) is 0 Å². The van der Waals surface area contributed by atoms with Gasteiger partial charge >= 0.3 is 5.97 Å². The molecule has 0 N–H and O–H groups in total. The lowest BCUT2D eigenvalue weighted by Gasteiger charge is -2.09. The van der Waals surface area contributed by atoms with Gasteiger partial charge < -0.3 is 9.47 Å². The second-order valence-electron chi connectivity index (χ2n) is 3.94. The lowest BCUT2D eigenvalue weighted by Crippen LogP contribution is -2.05. The molecule has 0 aliphatic rings. The van der Waals surface area contributed by atoms with E-state index in [1.807, 2.05) is 6.92 Å². The molecular weight excluding hydrogens is 228 g/mol. The fourth-order valence-corrected chi connectivity index (χ4v) is 1.53. The lowest BCUT2D eigenvalue weighted by molar-refractivity contribution is -0.145. The third kappa shape index (κ3) is 4.14. The highest BCUT2D eigenvalue weighted by atomic mass is 16.5. The van der Waals surface area contributed by atoms with Crippen molar-refractivity contribution >= 4 is 5.97 Å². The molecule has 96 valence electrons. The van der Waals surface area contributed by atoms with Crippen LogP contribution in [0.4, 0.5) is 0 Å². The molecule has 0 saturated carbocycles. The normalized spacial score (nSPS) is 9.61. The van der Waals surface area contributed by atoms with Gasteiger partial charge in [0.15, 0.2) is 0 Å². The van der Waals surface area contributed by atoms with Gasteiger partial charge in [0.25, 0.3) is 0 Å². The maximum atomic E-state index is 11.4. The number of hydrogen-bond acceptors (Lipinski definition) is 3. The molecule has 0 fully saturated rings. The first-order chi connectivity index (χ1) is 8.71. The van der Waals surface area contributed by atoms with E-state index in [4.69, 9.17) is 15.9 Å². The average molecular weight is 246 g/mol. The molecule has 0 aliphatic heterocycles. The molecule has 0 amide bonds. The zero-order valence-corrected chi connectivity index (χ0v) is 10.9. The molecule has 0 bridgehead atoms. The van der Waals surface area contributed by atoms with Gasteiger partial charge in [0.2, 0.25) is 0 Å². The summed E-state index contributed by atoms with van der Waals surface area (Å²) in [5.74, 6) is 3.03. The summed E-state index contributed by atoms with van der Waals surface area (Å²) in [6.07, 6.45) is 7.61. The van der Waals surface area contributed by atoms with Crippen molar-refractivity contribution in [3.8, 4) is 18.1 Å². The van der Waals surface area contributed by atoms with E-state index in [-0.39, 0.29) is 12.6 Å². The zero-order valence-electron chi connectivity index (χ0n) is 10.9. The quantitative estimate of drug-likeness (QED) is 0.572. The Balaban J connectivity index is 2.65. The van der Waals surface area contributed by atoms with E-state index in [0.29, 0.717) is 12.2 Å². The maximum absolute atomic E-state index is 11.4. The fraction of sp³-hybridized carbons (Fsp3) is 0.400. The first-order valence-electron chi connectivity index (χ1n) is 6.00. The summed E-state index contributed by atoms with van der Waals surface area (Å²) in [6, 6.07) is 5.37. The Morgan fingerprint density at radius 1 is 1.44 bits per heavy atom. The Kier molecular flexibility index (Phi) is 5.79. The number of carbonyl (C=O) groups excluding carboxylic acids is 1. The van der Waals surface area contributed by atoms with Crippen LogP contribution in [-0.4, -0.2) is 13.1 Å². The Morgan fingerprint density at radius 3 is 2.83 bits per heavy atom. The van der Waals surface area contributed by atoms with Crippen molar-refractivity contribution in [1.82, 2.24) is 0 Å². The number of benzene rings is 1. The zero-order chi connectivity index (χ0) is 13.4. The van der Waals surface area contributed by atoms with Crippen LogP contribution in [-0.2, 0) is 16.1 Å². The van der Waals surface area contributed by atoms with E-state index in [2.05, 4.69) is 5.92 Å². The minimum absolute atomic E-state index is 0.190. The van der Waals surface area contributed by atoms with E-state index < -0.39 is 0 Å². The molecule has 0 spiro atoms. The highest BCUT2D eigenvalue weighted by Crippen LogP contribution is 2.20. The van der Waals surface area contributed by atoms with Crippen LogP contribution in [0.25, 0.3) is 0 Å². The van der Waals surface area contributed by atoms with Crippen LogP contribution < -0.4 is 4.74 Å². The van der Waals surface area contributed by atoms with Gasteiger partial charge in [-0.25, -0.2) is 0 Å². The van der Waals surface area contributed by atoms with Crippen LogP contribution in [0.15, 0.2) is 18.2 Å². The lowest BCUT2D eigenvalue weighted by atomic mass is 10.1. The third-order valence-electron chi connectivity index (χ3n) is 2.57. The molecule has 0 heterocycles. The molecule has 1 aromatic rings. The van der Waals surface area contributed by atoms with Crippen molar-refractivity contribution in [1.29, 1.82) is 0 Å². The van der Waals surface area contributed by atoms with Crippen molar-refractivity contribution in [2.24, 2.45) is 0 Å². The van der Waals surface area contributed by atoms with Gasteiger partial charge in [-0.1, -0.05) is 19.3 Å². The first-order valence-corrected chi connectivity index (χ1v) is 6.00. The number of terminal acetylenes is 1. The second kappa shape index (κ2) is 7.39. The van der Waals surface area contributed by atoms with Crippen LogP contribution >= 0.6 is 0 Å². The highest BCUT2D eigenvalue weighted by molar-refractivity contribution is 5.69. The van der Waals surface area contributed by atoms with Crippen molar-refractivity contribution in [2.75, 3.05) is 7.11 Å². The Hall–Kier alpha value is -1.95. The molecule has 0 aromatic heterocycles. The molecule has 0 atom stereocenters. The van der Waals surface area contributed by atoms with Crippen molar-refractivity contribution in [3.63, 3.8) is 0 Å². The average Bonchev–Trinajstić information content (AvgIpc) is 2.42. The number of esters is 1. The molecule has 0 saturated heterocycles. The van der Waals surface area contributed by atoms with Gasteiger partial charge in [-0.05, 0) is 24.6 Å². The summed E-state index contributed by atoms with van der Waals surface area (Å²) >= 11 is 0. The van der Waals surface area contributed by atoms with Crippen LogP contribution in [0.1, 0.15) is 37.3 Å². The summed E-state index contributed by atoms with van der Waals surface area (Å²) in [4.78, 5) is 11.4. The molecule has 18 heavy (non-hydrogen) atoms.